The summed E-state index contributed by atoms with van der Waals surface area (Å²) in [7, 11) is 0. The lowest BCUT2D eigenvalue weighted by molar-refractivity contribution is -0.121. The molecule has 1 aliphatic rings. The summed E-state index contributed by atoms with van der Waals surface area (Å²) in [4.78, 5) is 25.0. The number of aromatic amines is 1. The fourth-order valence-electron chi connectivity index (χ4n) is 3.53. The maximum atomic E-state index is 13.7. The first-order valence-corrected chi connectivity index (χ1v) is 9.60. The van der Waals surface area contributed by atoms with E-state index in [0.29, 0.717) is 16.8 Å². The summed E-state index contributed by atoms with van der Waals surface area (Å²) >= 11 is 0. The van der Waals surface area contributed by atoms with E-state index in [1.807, 2.05) is 38.1 Å². The third kappa shape index (κ3) is 4.00. The highest BCUT2D eigenvalue weighted by Gasteiger charge is 2.29. The van der Waals surface area contributed by atoms with E-state index < -0.39 is 11.7 Å². The number of nitrogens with one attached hydrogen (secondary N) is 3. The Labute approximate surface area is 173 Å². The van der Waals surface area contributed by atoms with Crippen LogP contribution in [-0.2, 0) is 9.59 Å². The third-order valence-electron chi connectivity index (χ3n) is 5.15. The van der Waals surface area contributed by atoms with Crippen molar-refractivity contribution in [3.8, 4) is 11.3 Å². The largest absolute Gasteiger partial charge is 0.332 e. The van der Waals surface area contributed by atoms with E-state index in [4.69, 9.17) is 0 Å². The second kappa shape index (κ2) is 7.94. The summed E-state index contributed by atoms with van der Waals surface area (Å²) in [6.45, 7) is 3.82. The van der Waals surface area contributed by atoms with Crippen molar-refractivity contribution in [2.24, 2.45) is 0 Å². The van der Waals surface area contributed by atoms with Gasteiger partial charge in [0.1, 0.15) is 5.82 Å². The molecule has 7 heteroatoms. The number of rotatable bonds is 4. The lowest BCUT2D eigenvalue weighted by Crippen LogP contribution is -2.32. The lowest BCUT2D eigenvalue weighted by atomic mass is 9.86. The van der Waals surface area contributed by atoms with E-state index >= 15 is 0 Å². The molecule has 3 aromatic rings. The molecular formula is C23H21FN4O2. The minimum Gasteiger partial charge on any atom is -0.332 e. The third-order valence-corrected chi connectivity index (χ3v) is 5.15. The molecule has 2 amide bonds. The molecule has 152 valence electrons. The summed E-state index contributed by atoms with van der Waals surface area (Å²) in [6.07, 6.45) is 1.49. The smallest absolute Gasteiger partial charge is 0.253 e. The van der Waals surface area contributed by atoms with E-state index in [-0.39, 0.29) is 18.2 Å². The zero-order valence-corrected chi connectivity index (χ0v) is 16.6. The quantitative estimate of drug-likeness (QED) is 0.615. The van der Waals surface area contributed by atoms with E-state index in [9.17, 15) is 14.0 Å². The van der Waals surface area contributed by atoms with Crippen molar-refractivity contribution in [1.29, 1.82) is 0 Å². The lowest BCUT2D eigenvalue weighted by Gasteiger charge is -2.24. The van der Waals surface area contributed by atoms with Gasteiger partial charge in [0.25, 0.3) is 5.91 Å². The Balaban J connectivity index is 1.63. The van der Waals surface area contributed by atoms with Crippen LogP contribution in [0.25, 0.3) is 11.3 Å². The molecule has 30 heavy (non-hydrogen) atoms. The van der Waals surface area contributed by atoms with Crippen LogP contribution in [-0.4, -0.2) is 22.0 Å². The van der Waals surface area contributed by atoms with Crippen molar-refractivity contribution >= 4 is 17.5 Å². The van der Waals surface area contributed by atoms with E-state index in [1.54, 1.807) is 12.1 Å². The van der Waals surface area contributed by atoms with Crippen molar-refractivity contribution in [2.45, 2.75) is 26.2 Å². The van der Waals surface area contributed by atoms with Gasteiger partial charge in [-0.05, 0) is 49.2 Å². The van der Waals surface area contributed by atoms with Gasteiger partial charge in [0.05, 0.1) is 5.69 Å². The van der Waals surface area contributed by atoms with E-state index in [1.165, 1.54) is 18.3 Å². The molecule has 4 rings (SSSR count). The van der Waals surface area contributed by atoms with Crippen LogP contribution in [0, 0.1) is 19.7 Å². The number of H-pyrrole nitrogens is 1. The highest BCUT2D eigenvalue weighted by Crippen LogP contribution is 2.32. The number of hydrogen-bond acceptors (Lipinski definition) is 3. The Morgan fingerprint density at radius 3 is 2.73 bits per heavy atom. The molecule has 1 atom stereocenters. The van der Waals surface area contributed by atoms with E-state index in [0.717, 1.165) is 22.5 Å². The van der Waals surface area contributed by atoms with Gasteiger partial charge in [0.2, 0.25) is 5.91 Å². The second-order valence-corrected chi connectivity index (χ2v) is 7.40. The maximum absolute atomic E-state index is 13.7. The number of aryl methyl sites for hydroxylation is 2. The highest BCUT2D eigenvalue weighted by molar-refractivity contribution is 6.07. The zero-order chi connectivity index (χ0) is 21.3. The van der Waals surface area contributed by atoms with Crippen molar-refractivity contribution < 1.29 is 14.0 Å². The van der Waals surface area contributed by atoms with Crippen molar-refractivity contribution in [3.05, 3.63) is 82.9 Å². The molecule has 0 radical (unpaired) electrons. The Bertz CT molecular complexity index is 1170. The number of hydrogen-bond donors (Lipinski definition) is 3. The SMILES string of the molecule is Cc1cc(-c2ccc(C)c(NC(=O)C3=CNC(=O)C[C@H]3c3cccc(F)c3)c2)n[nH]1. The van der Waals surface area contributed by atoms with Crippen molar-refractivity contribution in [1.82, 2.24) is 15.5 Å². The van der Waals surface area contributed by atoms with Crippen LogP contribution in [0.3, 0.4) is 0 Å². The fourth-order valence-corrected chi connectivity index (χ4v) is 3.53. The van der Waals surface area contributed by atoms with Crippen LogP contribution in [0.4, 0.5) is 10.1 Å². The molecule has 0 bridgehead atoms. The standard InChI is InChI=1S/C23H21FN4O2/c1-13-6-7-16(21-8-14(2)27-28-21)10-20(13)26-23(30)19-12-25-22(29)11-18(19)15-4-3-5-17(24)9-15/h3-10,12,18H,11H2,1-2H3,(H,25,29)(H,26,30)(H,27,28)/t18-/m0/s1. The Hall–Kier alpha value is -3.74. The number of nitrogens with zero attached hydrogens (tertiary/aromatic N) is 1. The monoisotopic (exact) mass is 404 g/mol. The molecule has 2 heterocycles. The minimum absolute atomic E-state index is 0.0777. The maximum Gasteiger partial charge on any atom is 0.253 e. The first kappa shape index (κ1) is 19.6. The van der Waals surface area contributed by atoms with Crippen LogP contribution in [0.1, 0.15) is 29.2 Å². The first-order valence-electron chi connectivity index (χ1n) is 9.60. The predicted molar refractivity (Wildman–Crippen MR) is 112 cm³/mol. The minimum atomic E-state index is -0.521. The average molecular weight is 404 g/mol. The topological polar surface area (TPSA) is 86.9 Å². The number of halogens is 1. The van der Waals surface area contributed by atoms with Crippen molar-refractivity contribution in [2.75, 3.05) is 5.32 Å². The number of carbonyl (C=O) groups is 2. The molecule has 1 aliphatic heterocycles. The predicted octanol–water partition coefficient (Wildman–Crippen LogP) is 3.96. The van der Waals surface area contributed by atoms with Gasteiger partial charge in [0, 0.05) is 41.1 Å². The summed E-state index contributed by atoms with van der Waals surface area (Å²) in [5, 5.41) is 12.7. The number of anilines is 1. The highest BCUT2D eigenvalue weighted by atomic mass is 19.1. The molecule has 0 saturated carbocycles. The van der Waals surface area contributed by atoms with E-state index in [2.05, 4.69) is 20.8 Å². The summed E-state index contributed by atoms with van der Waals surface area (Å²) in [5.41, 5.74) is 5.09. The van der Waals surface area contributed by atoms with Crippen LogP contribution in [0.15, 0.2) is 60.3 Å². The molecule has 0 unspecified atom stereocenters. The number of amides is 2. The summed E-state index contributed by atoms with van der Waals surface area (Å²) in [6, 6.07) is 13.6. The Morgan fingerprint density at radius 1 is 1.17 bits per heavy atom. The normalized spacial score (nSPS) is 16.0. The second-order valence-electron chi connectivity index (χ2n) is 7.40. The van der Waals surface area contributed by atoms with Crippen molar-refractivity contribution in [3.63, 3.8) is 0 Å². The number of carbonyl (C=O) groups excluding carboxylic acids is 2. The van der Waals surface area contributed by atoms with Gasteiger partial charge in [-0.25, -0.2) is 4.39 Å². The molecule has 0 saturated heterocycles. The van der Waals surface area contributed by atoms with Gasteiger partial charge in [-0.1, -0.05) is 24.3 Å². The van der Waals surface area contributed by atoms with Crippen LogP contribution in [0.2, 0.25) is 0 Å². The average Bonchev–Trinajstić information content (AvgIpc) is 3.16. The fraction of sp³-hybridized carbons (Fsp3) is 0.174. The zero-order valence-electron chi connectivity index (χ0n) is 16.6. The van der Waals surface area contributed by atoms with Gasteiger partial charge in [-0.3, -0.25) is 14.7 Å². The number of benzene rings is 2. The number of aromatic nitrogens is 2. The molecular weight excluding hydrogens is 383 g/mol. The summed E-state index contributed by atoms with van der Waals surface area (Å²) < 4.78 is 13.7. The first-order chi connectivity index (χ1) is 14.4. The molecule has 0 fully saturated rings. The van der Waals surface area contributed by atoms with Crippen LogP contribution < -0.4 is 10.6 Å². The van der Waals surface area contributed by atoms with Crippen LogP contribution in [0.5, 0.6) is 0 Å². The molecule has 0 aliphatic carbocycles. The van der Waals surface area contributed by atoms with Gasteiger partial charge >= 0.3 is 0 Å². The van der Waals surface area contributed by atoms with Gasteiger partial charge in [-0.2, -0.15) is 5.10 Å². The van der Waals surface area contributed by atoms with Crippen LogP contribution >= 0.6 is 0 Å². The molecule has 1 aromatic heterocycles. The molecule has 3 N–H and O–H groups in total. The Morgan fingerprint density at radius 2 is 2.00 bits per heavy atom. The van der Waals surface area contributed by atoms with Gasteiger partial charge < -0.3 is 10.6 Å². The molecule has 2 aromatic carbocycles. The molecule has 6 nitrogen and oxygen atoms in total. The molecule has 0 spiro atoms. The van der Waals surface area contributed by atoms with Gasteiger partial charge in [-0.15, -0.1) is 0 Å². The van der Waals surface area contributed by atoms with Gasteiger partial charge in [0.15, 0.2) is 0 Å². The summed E-state index contributed by atoms with van der Waals surface area (Å²) in [5.74, 6) is -1.49. The Kier molecular flexibility index (Phi) is 5.18.